The number of hydrogen-bond acceptors (Lipinski definition) is 3. The summed E-state index contributed by atoms with van der Waals surface area (Å²) >= 11 is 12.0. The van der Waals surface area contributed by atoms with Crippen molar-refractivity contribution in [3.8, 4) is 0 Å². The van der Waals surface area contributed by atoms with Gasteiger partial charge in [0.15, 0.2) is 0 Å². The minimum atomic E-state index is -0.369. The lowest BCUT2D eigenvalue weighted by Crippen LogP contribution is -2.21. The van der Waals surface area contributed by atoms with E-state index in [4.69, 9.17) is 23.2 Å². The fraction of sp³-hybridized carbons (Fsp3) is 0.133. The van der Waals surface area contributed by atoms with Crippen molar-refractivity contribution < 1.29 is 4.79 Å². The highest BCUT2D eigenvalue weighted by molar-refractivity contribution is 6.37. The van der Waals surface area contributed by atoms with Gasteiger partial charge in [-0.3, -0.25) is 9.78 Å². The van der Waals surface area contributed by atoms with Crippen LogP contribution in [0.1, 0.15) is 29.4 Å². The van der Waals surface area contributed by atoms with Crippen LogP contribution in [0, 0.1) is 0 Å². The number of carbonyl (C=O) groups is 1. The Morgan fingerprint density at radius 2 is 2.10 bits per heavy atom. The van der Waals surface area contributed by atoms with E-state index in [9.17, 15) is 4.79 Å². The van der Waals surface area contributed by atoms with E-state index in [2.05, 4.69) is 15.5 Å². The van der Waals surface area contributed by atoms with Crippen LogP contribution in [-0.2, 0) is 0 Å². The Labute approximate surface area is 132 Å². The number of aromatic nitrogens is 1. The molecule has 1 aromatic heterocycles. The molecule has 2 rings (SSSR count). The van der Waals surface area contributed by atoms with Crippen molar-refractivity contribution >= 4 is 34.8 Å². The maximum atomic E-state index is 11.9. The summed E-state index contributed by atoms with van der Waals surface area (Å²) in [6, 6.07) is 10.2. The van der Waals surface area contributed by atoms with Crippen molar-refractivity contribution in [3.63, 3.8) is 0 Å². The number of nitrogens with one attached hydrogen (secondary N) is 1. The summed E-state index contributed by atoms with van der Waals surface area (Å²) in [7, 11) is 0. The molecule has 0 atom stereocenters. The number of pyridine rings is 1. The second-order valence-corrected chi connectivity index (χ2v) is 5.04. The van der Waals surface area contributed by atoms with Gasteiger partial charge in [0.05, 0.1) is 10.7 Å². The van der Waals surface area contributed by atoms with E-state index in [-0.39, 0.29) is 5.91 Å². The van der Waals surface area contributed by atoms with E-state index in [1.165, 1.54) is 0 Å². The molecule has 6 heteroatoms. The zero-order valence-corrected chi connectivity index (χ0v) is 12.8. The van der Waals surface area contributed by atoms with Crippen LogP contribution in [0.15, 0.2) is 47.7 Å². The van der Waals surface area contributed by atoms with Crippen molar-refractivity contribution in [1.29, 1.82) is 0 Å². The predicted molar refractivity (Wildman–Crippen MR) is 85.0 cm³/mol. The number of hydrazone groups is 1. The Morgan fingerprint density at radius 1 is 1.29 bits per heavy atom. The average Bonchev–Trinajstić information content (AvgIpc) is 2.50. The van der Waals surface area contributed by atoms with E-state index in [0.29, 0.717) is 27.9 Å². The lowest BCUT2D eigenvalue weighted by molar-refractivity contribution is 0.0950. The highest BCUT2D eigenvalue weighted by Gasteiger charge is 2.09. The Bertz CT molecular complexity index is 672. The van der Waals surface area contributed by atoms with Gasteiger partial charge in [-0.15, -0.1) is 0 Å². The van der Waals surface area contributed by atoms with Crippen LogP contribution in [0.4, 0.5) is 0 Å². The molecule has 0 radical (unpaired) electrons. The molecule has 0 unspecified atom stereocenters. The van der Waals surface area contributed by atoms with Crippen molar-refractivity contribution in [2.24, 2.45) is 5.10 Å². The van der Waals surface area contributed by atoms with Crippen molar-refractivity contribution in [2.45, 2.75) is 13.3 Å². The van der Waals surface area contributed by atoms with Gasteiger partial charge in [0.1, 0.15) is 5.69 Å². The Kier molecular flexibility index (Phi) is 5.31. The molecule has 0 bridgehead atoms. The van der Waals surface area contributed by atoms with Gasteiger partial charge in [-0.25, -0.2) is 5.43 Å². The highest BCUT2D eigenvalue weighted by Crippen LogP contribution is 2.22. The number of benzene rings is 1. The van der Waals surface area contributed by atoms with Gasteiger partial charge < -0.3 is 0 Å². The lowest BCUT2D eigenvalue weighted by atomic mass is 10.1. The normalized spacial score (nSPS) is 11.3. The third-order valence-electron chi connectivity index (χ3n) is 2.77. The first kappa shape index (κ1) is 15.5. The van der Waals surface area contributed by atoms with Gasteiger partial charge in [0.25, 0.3) is 5.91 Å². The largest absolute Gasteiger partial charge is 0.289 e. The third-order valence-corrected chi connectivity index (χ3v) is 3.31. The first-order valence-corrected chi connectivity index (χ1v) is 7.10. The summed E-state index contributed by atoms with van der Waals surface area (Å²) in [6.07, 6.45) is 2.17. The Balaban J connectivity index is 2.19. The zero-order valence-electron chi connectivity index (χ0n) is 11.3. The summed E-state index contributed by atoms with van der Waals surface area (Å²) < 4.78 is 0. The molecular formula is C15H13Cl2N3O. The van der Waals surface area contributed by atoms with Crippen molar-refractivity contribution in [2.75, 3.05) is 0 Å². The van der Waals surface area contributed by atoms with Crippen LogP contribution in [0.5, 0.6) is 0 Å². The van der Waals surface area contributed by atoms with Crippen LogP contribution in [0.3, 0.4) is 0 Å². The summed E-state index contributed by atoms with van der Waals surface area (Å²) in [4.78, 5) is 15.9. The van der Waals surface area contributed by atoms with Crippen LogP contribution >= 0.6 is 23.2 Å². The first-order chi connectivity index (χ1) is 10.1. The van der Waals surface area contributed by atoms with Crippen LogP contribution < -0.4 is 5.43 Å². The molecule has 1 aromatic carbocycles. The number of rotatable bonds is 4. The summed E-state index contributed by atoms with van der Waals surface area (Å²) in [6.45, 7) is 1.93. The van der Waals surface area contributed by atoms with E-state index in [1.807, 2.05) is 6.92 Å². The van der Waals surface area contributed by atoms with Gasteiger partial charge in [0, 0.05) is 16.8 Å². The molecule has 0 saturated heterocycles. The molecule has 1 amide bonds. The van der Waals surface area contributed by atoms with Crippen LogP contribution in [0.25, 0.3) is 0 Å². The number of halogens is 2. The minimum absolute atomic E-state index is 0.305. The maximum Gasteiger partial charge on any atom is 0.289 e. The monoisotopic (exact) mass is 321 g/mol. The van der Waals surface area contributed by atoms with Gasteiger partial charge in [0.2, 0.25) is 0 Å². The van der Waals surface area contributed by atoms with E-state index in [1.54, 1.807) is 42.6 Å². The molecule has 4 nitrogen and oxygen atoms in total. The van der Waals surface area contributed by atoms with Gasteiger partial charge >= 0.3 is 0 Å². The number of amides is 1. The minimum Gasteiger partial charge on any atom is -0.266 e. The predicted octanol–water partition coefficient (Wildman–Crippen LogP) is 3.93. The van der Waals surface area contributed by atoms with Crippen LogP contribution in [0.2, 0.25) is 10.0 Å². The topological polar surface area (TPSA) is 54.4 Å². The summed E-state index contributed by atoms with van der Waals surface area (Å²) in [5, 5.41) is 5.18. The average molecular weight is 322 g/mol. The van der Waals surface area contributed by atoms with Gasteiger partial charge in [-0.2, -0.15) is 5.10 Å². The summed E-state index contributed by atoms with van der Waals surface area (Å²) in [5.74, 6) is -0.369. The number of nitrogens with zero attached hydrogens (tertiary/aromatic N) is 2. The molecule has 0 fully saturated rings. The fourth-order valence-corrected chi connectivity index (χ4v) is 2.24. The van der Waals surface area contributed by atoms with Crippen molar-refractivity contribution in [1.82, 2.24) is 10.4 Å². The number of hydrogen-bond donors (Lipinski definition) is 1. The molecule has 0 aliphatic carbocycles. The maximum absolute atomic E-state index is 11.9. The molecule has 108 valence electrons. The van der Waals surface area contributed by atoms with E-state index >= 15 is 0 Å². The first-order valence-electron chi connectivity index (χ1n) is 6.35. The lowest BCUT2D eigenvalue weighted by Gasteiger charge is -2.07. The molecule has 0 saturated carbocycles. The van der Waals surface area contributed by atoms with Crippen LogP contribution in [-0.4, -0.2) is 16.6 Å². The molecule has 1 N–H and O–H groups in total. The zero-order chi connectivity index (χ0) is 15.2. The molecular weight excluding hydrogens is 309 g/mol. The molecule has 0 aliphatic rings. The molecule has 0 aliphatic heterocycles. The van der Waals surface area contributed by atoms with Crippen molar-refractivity contribution in [3.05, 3.63) is 63.9 Å². The van der Waals surface area contributed by atoms with Gasteiger partial charge in [-0.1, -0.05) is 42.3 Å². The Hall–Kier alpha value is -1.91. The van der Waals surface area contributed by atoms with Gasteiger partial charge in [-0.05, 0) is 30.7 Å². The fourth-order valence-electron chi connectivity index (χ4n) is 1.73. The highest BCUT2D eigenvalue weighted by atomic mass is 35.5. The molecule has 1 heterocycles. The quantitative estimate of drug-likeness (QED) is 0.685. The third kappa shape index (κ3) is 4.03. The molecule has 2 aromatic rings. The Morgan fingerprint density at radius 3 is 2.71 bits per heavy atom. The molecule has 0 spiro atoms. The van der Waals surface area contributed by atoms with E-state index < -0.39 is 0 Å². The van der Waals surface area contributed by atoms with E-state index in [0.717, 1.165) is 5.56 Å². The summed E-state index contributed by atoms with van der Waals surface area (Å²) in [5.41, 5.74) is 4.20. The number of carbonyl (C=O) groups excluding carboxylic acids is 1. The second-order valence-electron chi connectivity index (χ2n) is 4.19. The second kappa shape index (κ2) is 7.20. The molecule has 21 heavy (non-hydrogen) atoms. The SMILES string of the molecule is CC/C(=N\NC(=O)c1ccccn1)c1ccc(Cl)cc1Cl. The smallest absolute Gasteiger partial charge is 0.266 e. The standard InChI is InChI=1S/C15H13Cl2N3O/c1-2-13(11-7-6-10(16)9-12(11)17)19-20-15(21)14-5-3-4-8-18-14/h3-9H,2H2,1H3,(H,20,21)/b19-13+.